The number of hydrogen-bond donors (Lipinski definition) is 1. The van der Waals surface area contributed by atoms with Crippen molar-refractivity contribution >= 4 is 44.2 Å². The molecule has 162 valence electrons. The summed E-state index contributed by atoms with van der Waals surface area (Å²) in [7, 11) is 1.84. The van der Waals surface area contributed by atoms with Gasteiger partial charge in [-0.05, 0) is 48.4 Å². The second kappa shape index (κ2) is 8.03. The van der Waals surface area contributed by atoms with E-state index in [0.717, 1.165) is 37.8 Å². The van der Waals surface area contributed by atoms with Gasteiger partial charge in [0.1, 0.15) is 5.82 Å². The van der Waals surface area contributed by atoms with E-state index in [1.54, 1.807) is 21.8 Å². The average Bonchev–Trinajstić information content (AvgIpc) is 3.39. The summed E-state index contributed by atoms with van der Waals surface area (Å²) in [6.45, 7) is 2.85. The summed E-state index contributed by atoms with van der Waals surface area (Å²) in [6.07, 6.45) is 3.44. The van der Waals surface area contributed by atoms with Gasteiger partial charge in [-0.2, -0.15) is 5.10 Å². The molecular formula is C24H22BrN5O2. The molecule has 1 unspecified atom stereocenters. The number of anilines is 2. The highest BCUT2D eigenvalue weighted by Gasteiger charge is 2.27. The first-order valence-electron chi connectivity index (χ1n) is 10.3. The van der Waals surface area contributed by atoms with Crippen LogP contribution in [0, 0.1) is 0 Å². The molecule has 1 aliphatic rings. The topological polar surface area (TPSA) is 86.3 Å². The number of pyridine rings is 1. The number of rotatable bonds is 4. The molecule has 2 aromatic carbocycles. The molecule has 0 saturated heterocycles. The number of aryl methyl sites for hydroxylation is 1. The Hall–Kier alpha value is -3.23. The van der Waals surface area contributed by atoms with Gasteiger partial charge in [0.05, 0.1) is 36.7 Å². The Morgan fingerprint density at radius 2 is 2.06 bits per heavy atom. The zero-order chi connectivity index (χ0) is 22.4. The predicted molar refractivity (Wildman–Crippen MR) is 127 cm³/mol. The molecule has 2 aromatic heterocycles. The highest BCUT2D eigenvalue weighted by atomic mass is 79.9. The molecule has 0 aliphatic carbocycles. The van der Waals surface area contributed by atoms with Gasteiger partial charge in [-0.15, -0.1) is 0 Å². The van der Waals surface area contributed by atoms with Gasteiger partial charge in [0.25, 0.3) is 5.91 Å². The summed E-state index contributed by atoms with van der Waals surface area (Å²) in [4.78, 5) is 20.0. The van der Waals surface area contributed by atoms with E-state index in [9.17, 15) is 4.79 Å². The first kappa shape index (κ1) is 20.7. The molecule has 0 spiro atoms. The SMILES string of the molecule is CC1OCc2c1c(N)nc1ccc(C(=O)N(Cc3ccc(Br)cc3)c3cnn(C)c3)cc21. The summed E-state index contributed by atoms with van der Waals surface area (Å²) in [6, 6.07) is 13.5. The molecule has 4 aromatic rings. The van der Waals surface area contributed by atoms with Crippen LogP contribution < -0.4 is 10.6 Å². The largest absolute Gasteiger partial charge is 0.383 e. The van der Waals surface area contributed by atoms with E-state index in [-0.39, 0.29) is 12.0 Å². The van der Waals surface area contributed by atoms with E-state index < -0.39 is 0 Å². The maximum Gasteiger partial charge on any atom is 0.258 e. The van der Waals surface area contributed by atoms with Crippen LogP contribution in [0.4, 0.5) is 11.5 Å². The smallest absolute Gasteiger partial charge is 0.258 e. The van der Waals surface area contributed by atoms with Crippen molar-refractivity contribution in [2.45, 2.75) is 26.2 Å². The van der Waals surface area contributed by atoms with Gasteiger partial charge in [-0.3, -0.25) is 9.48 Å². The monoisotopic (exact) mass is 491 g/mol. The lowest BCUT2D eigenvalue weighted by Crippen LogP contribution is -2.30. The van der Waals surface area contributed by atoms with E-state index in [2.05, 4.69) is 26.0 Å². The van der Waals surface area contributed by atoms with Gasteiger partial charge < -0.3 is 15.4 Å². The highest BCUT2D eigenvalue weighted by molar-refractivity contribution is 9.10. The third-order valence-electron chi connectivity index (χ3n) is 5.80. The van der Waals surface area contributed by atoms with Crippen LogP contribution in [-0.4, -0.2) is 20.7 Å². The van der Waals surface area contributed by atoms with Crippen LogP contribution in [0.2, 0.25) is 0 Å². The third-order valence-corrected chi connectivity index (χ3v) is 6.33. The normalized spacial score (nSPS) is 15.2. The molecule has 1 amide bonds. The minimum Gasteiger partial charge on any atom is -0.383 e. The molecule has 8 heteroatoms. The maximum absolute atomic E-state index is 13.7. The summed E-state index contributed by atoms with van der Waals surface area (Å²) in [5, 5.41) is 5.16. The van der Waals surface area contributed by atoms with Crippen LogP contribution in [0.25, 0.3) is 10.9 Å². The Morgan fingerprint density at radius 3 is 2.78 bits per heavy atom. The first-order valence-corrected chi connectivity index (χ1v) is 11.1. The molecule has 5 rings (SSSR count). The van der Waals surface area contributed by atoms with E-state index in [1.807, 2.05) is 56.6 Å². The lowest BCUT2D eigenvalue weighted by atomic mass is 10.00. The molecule has 0 bridgehead atoms. The van der Waals surface area contributed by atoms with Crippen LogP contribution in [0.5, 0.6) is 0 Å². The van der Waals surface area contributed by atoms with Crippen molar-refractivity contribution < 1.29 is 9.53 Å². The molecule has 3 heterocycles. The Bertz CT molecular complexity index is 1330. The molecule has 0 radical (unpaired) electrons. The predicted octanol–water partition coefficient (Wildman–Crippen LogP) is 4.75. The fourth-order valence-electron chi connectivity index (χ4n) is 4.16. The van der Waals surface area contributed by atoms with Crippen molar-refractivity contribution in [1.29, 1.82) is 0 Å². The lowest BCUT2D eigenvalue weighted by Gasteiger charge is -2.22. The number of aromatic nitrogens is 3. The van der Waals surface area contributed by atoms with Gasteiger partial charge in [-0.25, -0.2) is 4.98 Å². The van der Waals surface area contributed by atoms with E-state index in [1.165, 1.54) is 0 Å². The minimum absolute atomic E-state index is 0.106. The average molecular weight is 492 g/mol. The first-order chi connectivity index (χ1) is 15.4. The molecular weight excluding hydrogens is 470 g/mol. The van der Waals surface area contributed by atoms with Crippen LogP contribution in [0.1, 0.15) is 40.1 Å². The summed E-state index contributed by atoms with van der Waals surface area (Å²) in [5.41, 5.74) is 11.2. The summed E-state index contributed by atoms with van der Waals surface area (Å²) >= 11 is 3.46. The molecule has 32 heavy (non-hydrogen) atoms. The number of benzene rings is 2. The highest BCUT2D eigenvalue weighted by Crippen LogP contribution is 2.38. The van der Waals surface area contributed by atoms with Crippen molar-refractivity contribution in [3.05, 3.63) is 81.6 Å². The number of ether oxygens (including phenoxy) is 1. The maximum atomic E-state index is 13.7. The van der Waals surface area contributed by atoms with Crippen LogP contribution in [0.3, 0.4) is 0 Å². The molecule has 1 aliphatic heterocycles. The zero-order valence-electron chi connectivity index (χ0n) is 17.7. The van der Waals surface area contributed by atoms with Crippen LogP contribution >= 0.6 is 15.9 Å². The second-order valence-corrected chi connectivity index (χ2v) is 8.88. The molecule has 2 N–H and O–H groups in total. The van der Waals surface area contributed by atoms with E-state index in [0.29, 0.717) is 24.5 Å². The van der Waals surface area contributed by atoms with Crippen molar-refractivity contribution in [3.63, 3.8) is 0 Å². The van der Waals surface area contributed by atoms with Gasteiger partial charge in [-0.1, -0.05) is 28.1 Å². The van der Waals surface area contributed by atoms with Crippen molar-refractivity contribution in [2.75, 3.05) is 10.6 Å². The van der Waals surface area contributed by atoms with E-state index >= 15 is 0 Å². The number of nitrogen functional groups attached to an aromatic ring is 1. The van der Waals surface area contributed by atoms with Gasteiger partial charge in [0.2, 0.25) is 0 Å². The molecule has 1 atom stereocenters. The quantitative estimate of drug-likeness (QED) is 0.445. The van der Waals surface area contributed by atoms with Crippen molar-refractivity contribution in [2.24, 2.45) is 7.05 Å². The van der Waals surface area contributed by atoms with Gasteiger partial charge in [0, 0.05) is 34.2 Å². The Kier molecular flexibility index (Phi) is 5.19. The minimum atomic E-state index is -0.111. The van der Waals surface area contributed by atoms with Gasteiger partial charge in [0.15, 0.2) is 0 Å². The number of carbonyl (C=O) groups excluding carboxylic acids is 1. The third kappa shape index (κ3) is 3.65. The van der Waals surface area contributed by atoms with Crippen molar-refractivity contribution in [1.82, 2.24) is 14.8 Å². The van der Waals surface area contributed by atoms with Gasteiger partial charge >= 0.3 is 0 Å². The number of hydrogen-bond acceptors (Lipinski definition) is 5. The number of halogens is 1. The second-order valence-electron chi connectivity index (χ2n) is 7.96. The zero-order valence-corrected chi connectivity index (χ0v) is 19.3. The Labute approximate surface area is 193 Å². The number of nitrogens with two attached hydrogens (primary N) is 1. The Morgan fingerprint density at radius 1 is 1.28 bits per heavy atom. The van der Waals surface area contributed by atoms with Crippen LogP contribution in [0.15, 0.2) is 59.3 Å². The number of nitrogens with zero attached hydrogens (tertiary/aromatic N) is 4. The fraction of sp³-hybridized carbons (Fsp3) is 0.208. The summed E-state index contributed by atoms with van der Waals surface area (Å²) < 4.78 is 8.47. The standard InChI is InChI=1S/C24H22BrN5O2/c1-14-22-20(13-32-14)19-9-16(5-8-21(19)28-23(22)26)24(31)30(18-10-27-29(2)12-18)11-15-3-6-17(25)7-4-15/h3-10,12,14H,11,13H2,1-2H3,(H2,26,28). The van der Waals surface area contributed by atoms with Crippen LogP contribution in [-0.2, 0) is 24.9 Å². The fourth-order valence-corrected chi connectivity index (χ4v) is 4.42. The number of fused-ring (bicyclic) bond motifs is 3. The molecule has 0 saturated carbocycles. The Balaban J connectivity index is 1.57. The van der Waals surface area contributed by atoms with E-state index in [4.69, 9.17) is 10.5 Å². The lowest BCUT2D eigenvalue weighted by molar-refractivity contribution is 0.0801. The summed E-state index contributed by atoms with van der Waals surface area (Å²) in [5.74, 6) is 0.379. The number of carbonyl (C=O) groups is 1. The molecule has 0 fully saturated rings. The molecule has 7 nitrogen and oxygen atoms in total. The van der Waals surface area contributed by atoms with Crippen molar-refractivity contribution in [3.8, 4) is 0 Å². The number of amides is 1.